The van der Waals surface area contributed by atoms with Gasteiger partial charge in [0.05, 0.1) is 12.8 Å². The van der Waals surface area contributed by atoms with Crippen molar-refractivity contribution in [1.82, 2.24) is 14.5 Å². The van der Waals surface area contributed by atoms with Crippen molar-refractivity contribution in [1.29, 1.82) is 0 Å². The normalized spacial score (nSPS) is 12.1. The molecule has 0 saturated heterocycles. The van der Waals surface area contributed by atoms with Crippen molar-refractivity contribution in [3.8, 4) is 5.75 Å². The van der Waals surface area contributed by atoms with E-state index in [1.54, 1.807) is 24.3 Å². The van der Waals surface area contributed by atoms with E-state index in [4.69, 9.17) is 4.74 Å². The minimum absolute atomic E-state index is 0.0141. The number of amides is 2. The van der Waals surface area contributed by atoms with Crippen molar-refractivity contribution >= 4 is 27.7 Å². The van der Waals surface area contributed by atoms with Crippen molar-refractivity contribution in [2.75, 3.05) is 39.1 Å². The number of nitrogens with one attached hydrogen (secondary N) is 1. The van der Waals surface area contributed by atoms with E-state index < -0.39 is 40.4 Å². The number of hydrogen-bond acceptors (Lipinski definition) is 5. The summed E-state index contributed by atoms with van der Waals surface area (Å²) >= 11 is 0. The summed E-state index contributed by atoms with van der Waals surface area (Å²) in [7, 11) is 1.54. The predicted molar refractivity (Wildman–Crippen MR) is 148 cm³/mol. The first-order valence-electron chi connectivity index (χ1n) is 12.2. The quantitative estimate of drug-likeness (QED) is 0.370. The Bertz CT molecular complexity index is 1370. The topological polar surface area (TPSA) is 99.3 Å². The standard InChI is InChI=1S/C28H33FN4O5S/c1-30-28(35)26(18-21-9-6-5-7-10-21)32(19-22-11-8-12-25(17-22)38-4)27(34)20-33(39(36,37)31(2)3)24-15-13-23(29)14-16-24/h5-17,26H,18-20H2,1-4H3,(H,30,35)/t26-/m1/s1. The van der Waals surface area contributed by atoms with Crippen molar-refractivity contribution in [2.24, 2.45) is 0 Å². The van der Waals surface area contributed by atoms with E-state index in [1.807, 2.05) is 30.3 Å². The molecule has 39 heavy (non-hydrogen) atoms. The van der Waals surface area contributed by atoms with Crippen LogP contribution in [0.15, 0.2) is 78.9 Å². The van der Waals surface area contributed by atoms with E-state index in [0.29, 0.717) is 11.3 Å². The Balaban J connectivity index is 2.07. The predicted octanol–water partition coefficient (Wildman–Crippen LogP) is 2.83. The molecule has 0 aliphatic carbocycles. The molecule has 0 aromatic heterocycles. The second-order valence-electron chi connectivity index (χ2n) is 8.97. The van der Waals surface area contributed by atoms with Crippen LogP contribution >= 0.6 is 0 Å². The second kappa shape index (κ2) is 13.2. The lowest BCUT2D eigenvalue weighted by Crippen LogP contribution is -2.53. The molecule has 3 aromatic carbocycles. The summed E-state index contributed by atoms with van der Waals surface area (Å²) < 4.78 is 47.3. The van der Waals surface area contributed by atoms with Gasteiger partial charge in [-0.3, -0.25) is 9.59 Å². The first kappa shape index (κ1) is 29.6. The van der Waals surface area contributed by atoms with Gasteiger partial charge in [0.2, 0.25) is 11.8 Å². The fourth-order valence-corrected chi connectivity index (χ4v) is 5.07. The molecule has 2 amide bonds. The molecule has 0 spiro atoms. The van der Waals surface area contributed by atoms with Gasteiger partial charge < -0.3 is 15.0 Å². The SMILES string of the molecule is CNC(=O)[C@@H](Cc1ccccc1)N(Cc1cccc(OC)c1)C(=O)CN(c1ccc(F)cc1)S(=O)(=O)N(C)C. The van der Waals surface area contributed by atoms with Gasteiger partial charge in [0.1, 0.15) is 24.2 Å². The van der Waals surface area contributed by atoms with Crippen molar-refractivity contribution in [2.45, 2.75) is 19.0 Å². The summed E-state index contributed by atoms with van der Waals surface area (Å²) in [6.45, 7) is -0.599. The molecule has 0 unspecified atom stereocenters. The van der Waals surface area contributed by atoms with Crippen LogP contribution in [0.5, 0.6) is 5.75 Å². The number of halogens is 1. The maximum atomic E-state index is 14.0. The average molecular weight is 557 g/mol. The summed E-state index contributed by atoms with van der Waals surface area (Å²) in [5.74, 6) is -0.993. The van der Waals surface area contributed by atoms with Gasteiger partial charge in [-0.05, 0) is 47.5 Å². The number of methoxy groups -OCH3 is 1. The number of nitrogens with zero attached hydrogens (tertiary/aromatic N) is 3. The second-order valence-corrected chi connectivity index (χ2v) is 11.0. The first-order valence-corrected chi connectivity index (χ1v) is 13.6. The molecule has 0 saturated carbocycles. The van der Waals surface area contributed by atoms with Crippen LogP contribution in [0.1, 0.15) is 11.1 Å². The summed E-state index contributed by atoms with van der Waals surface area (Å²) in [5.41, 5.74) is 1.62. The van der Waals surface area contributed by atoms with E-state index in [2.05, 4.69) is 5.32 Å². The zero-order valence-electron chi connectivity index (χ0n) is 22.4. The zero-order chi connectivity index (χ0) is 28.6. The molecule has 3 rings (SSSR count). The van der Waals surface area contributed by atoms with Crippen LogP contribution in [0.2, 0.25) is 0 Å². The number of hydrogen-bond donors (Lipinski definition) is 1. The number of carbonyl (C=O) groups is 2. The number of rotatable bonds is 12. The Morgan fingerprint density at radius 2 is 1.59 bits per heavy atom. The minimum Gasteiger partial charge on any atom is -0.497 e. The Morgan fingerprint density at radius 1 is 0.949 bits per heavy atom. The van der Waals surface area contributed by atoms with Gasteiger partial charge in [0, 0.05) is 34.1 Å². The van der Waals surface area contributed by atoms with Gasteiger partial charge in [-0.25, -0.2) is 8.70 Å². The van der Waals surface area contributed by atoms with E-state index in [-0.39, 0.29) is 18.7 Å². The van der Waals surface area contributed by atoms with E-state index >= 15 is 0 Å². The van der Waals surface area contributed by atoms with Gasteiger partial charge in [-0.15, -0.1) is 0 Å². The van der Waals surface area contributed by atoms with Crippen molar-refractivity contribution in [3.05, 3.63) is 95.8 Å². The van der Waals surface area contributed by atoms with Crippen molar-refractivity contribution < 1.29 is 27.1 Å². The summed E-state index contributed by atoms with van der Waals surface area (Å²) in [6, 6.07) is 20.2. The van der Waals surface area contributed by atoms with Crippen LogP contribution in [0.3, 0.4) is 0 Å². The lowest BCUT2D eigenvalue weighted by Gasteiger charge is -2.34. The first-order chi connectivity index (χ1) is 18.6. The molecule has 0 aliphatic heterocycles. The molecule has 0 fully saturated rings. The highest BCUT2D eigenvalue weighted by molar-refractivity contribution is 7.90. The fourth-order valence-electron chi connectivity index (χ4n) is 4.01. The number of carbonyl (C=O) groups excluding carboxylic acids is 2. The third-order valence-electron chi connectivity index (χ3n) is 6.14. The largest absolute Gasteiger partial charge is 0.497 e. The number of likely N-dealkylation sites (N-methyl/N-ethyl adjacent to an activating group) is 1. The van der Waals surface area contributed by atoms with Crippen LogP contribution in [0.25, 0.3) is 0 Å². The smallest absolute Gasteiger partial charge is 0.304 e. The van der Waals surface area contributed by atoms with Crippen LogP contribution in [-0.2, 0) is 32.8 Å². The zero-order valence-corrected chi connectivity index (χ0v) is 23.2. The van der Waals surface area contributed by atoms with Crippen LogP contribution < -0.4 is 14.4 Å². The van der Waals surface area contributed by atoms with E-state index in [9.17, 15) is 22.4 Å². The third-order valence-corrected chi connectivity index (χ3v) is 7.96. The number of ether oxygens (including phenoxy) is 1. The lowest BCUT2D eigenvalue weighted by molar-refractivity contribution is -0.139. The Kier molecular flexibility index (Phi) is 10.0. The molecular formula is C28H33FN4O5S. The number of anilines is 1. The van der Waals surface area contributed by atoms with Crippen LogP contribution in [0, 0.1) is 5.82 Å². The summed E-state index contributed by atoms with van der Waals surface area (Å²) in [5, 5.41) is 2.63. The highest BCUT2D eigenvalue weighted by atomic mass is 32.2. The van der Waals surface area contributed by atoms with E-state index in [1.165, 1.54) is 45.3 Å². The van der Waals surface area contributed by atoms with Gasteiger partial charge in [-0.2, -0.15) is 12.7 Å². The Labute approximate surface area is 229 Å². The Morgan fingerprint density at radius 3 is 2.18 bits per heavy atom. The molecule has 0 radical (unpaired) electrons. The van der Waals surface area contributed by atoms with Gasteiger partial charge in [-0.1, -0.05) is 42.5 Å². The number of benzene rings is 3. The third kappa shape index (κ3) is 7.55. The molecule has 0 aliphatic rings. The van der Waals surface area contributed by atoms with Gasteiger partial charge in [0.25, 0.3) is 0 Å². The molecule has 1 N–H and O–H groups in total. The summed E-state index contributed by atoms with van der Waals surface area (Å²) in [6.07, 6.45) is 0.202. The maximum absolute atomic E-state index is 14.0. The lowest BCUT2D eigenvalue weighted by atomic mass is 10.0. The highest BCUT2D eigenvalue weighted by Gasteiger charge is 2.34. The van der Waals surface area contributed by atoms with Crippen LogP contribution in [-0.4, -0.2) is 70.3 Å². The van der Waals surface area contributed by atoms with Gasteiger partial charge in [0.15, 0.2) is 0 Å². The average Bonchev–Trinajstić information content (AvgIpc) is 2.94. The molecule has 0 heterocycles. The van der Waals surface area contributed by atoms with Crippen LogP contribution in [0.4, 0.5) is 10.1 Å². The Hall–Kier alpha value is -3.96. The fraction of sp³-hybridized carbons (Fsp3) is 0.286. The molecule has 0 bridgehead atoms. The molecular weight excluding hydrogens is 523 g/mol. The molecule has 9 nitrogen and oxygen atoms in total. The maximum Gasteiger partial charge on any atom is 0.304 e. The summed E-state index contributed by atoms with van der Waals surface area (Å²) in [4.78, 5) is 28.5. The molecule has 208 valence electrons. The highest BCUT2D eigenvalue weighted by Crippen LogP contribution is 2.23. The van der Waals surface area contributed by atoms with E-state index in [0.717, 1.165) is 26.3 Å². The monoisotopic (exact) mass is 556 g/mol. The molecule has 11 heteroatoms. The minimum atomic E-state index is -4.15. The van der Waals surface area contributed by atoms with Gasteiger partial charge >= 0.3 is 10.2 Å². The van der Waals surface area contributed by atoms with Crippen molar-refractivity contribution in [3.63, 3.8) is 0 Å². The molecule has 1 atom stereocenters. The molecule has 3 aromatic rings.